The second kappa shape index (κ2) is 8.58. The summed E-state index contributed by atoms with van der Waals surface area (Å²) in [4.78, 5) is 18.9. The molecule has 1 aromatic carbocycles. The highest BCUT2D eigenvalue weighted by Crippen LogP contribution is 2.23. The Hall–Kier alpha value is -1.47. The average Bonchev–Trinajstić information content (AvgIpc) is 3.03. The maximum Gasteiger partial charge on any atom is 0.240 e. The fourth-order valence-corrected chi connectivity index (χ4v) is 2.97. The summed E-state index contributed by atoms with van der Waals surface area (Å²) in [6, 6.07) is 7.11. The second-order valence-electron chi connectivity index (χ2n) is 5.73. The Morgan fingerprint density at radius 2 is 1.96 bits per heavy atom. The van der Waals surface area contributed by atoms with E-state index in [1.54, 1.807) is 24.3 Å². The molecule has 6 nitrogen and oxygen atoms in total. The van der Waals surface area contributed by atoms with E-state index >= 15 is 0 Å². The van der Waals surface area contributed by atoms with E-state index < -0.39 is 0 Å². The number of hydrogen-bond donors (Lipinski definition) is 1. The van der Waals surface area contributed by atoms with Gasteiger partial charge in [0.2, 0.25) is 5.89 Å². The fourth-order valence-electron chi connectivity index (χ4n) is 2.84. The van der Waals surface area contributed by atoms with E-state index in [1.807, 2.05) is 0 Å². The van der Waals surface area contributed by atoms with Crippen LogP contribution in [0.15, 0.2) is 28.8 Å². The van der Waals surface area contributed by atoms with Gasteiger partial charge in [-0.05, 0) is 50.2 Å². The average molecular weight is 371 g/mol. The van der Waals surface area contributed by atoms with Crippen molar-refractivity contribution in [2.75, 3.05) is 13.1 Å². The molecule has 0 aliphatic carbocycles. The smallest absolute Gasteiger partial charge is 0.240 e. The van der Waals surface area contributed by atoms with Crippen molar-refractivity contribution in [2.24, 2.45) is 11.7 Å². The molecule has 24 heavy (non-hydrogen) atoms. The third-order valence-electron chi connectivity index (χ3n) is 4.14. The quantitative estimate of drug-likeness (QED) is 0.814. The van der Waals surface area contributed by atoms with E-state index in [2.05, 4.69) is 15.0 Å². The van der Waals surface area contributed by atoms with Crippen LogP contribution in [0.2, 0.25) is 5.02 Å². The molecule has 2 N–H and O–H groups in total. The zero-order valence-electron chi connectivity index (χ0n) is 13.2. The highest BCUT2D eigenvalue weighted by Gasteiger charge is 2.26. The first kappa shape index (κ1) is 18.9. The summed E-state index contributed by atoms with van der Waals surface area (Å²) in [5.74, 6) is 1.37. The highest BCUT2D eigenvalue weighted by molar-refractivity contribution is 6.30. The number of benzene rings is 1. The lowest BCUT2D eigenvalue weighted by Crippen LogP contribution is -2.36. The van der Waals surface area contributed by atoms with Gasteiger partial charge < -0.3 is 10.3 Å². The Morgan fingerprint density at radius 3 is 2.54 bits per heavy atom. The van der Waals surface area contributed by atoms with E-state index in [0.29, 0.717) is 23.3 Å². The molecule has 1 aromatic heterocycles. The number of nitrogens with two attached hydrogens (primary N) is 1. The minimum Gasteiger partial charge on any atom is -0.338 e. The van der Waals surface area contributed by atoms with Gasteiger partial charge in [-0.2, -0.15) is 4.98 Å². The van der Waals surface area contributed by atoms with E-state index in [9.17, 15) is 4.79 Å². The lowest BCUT2D eigenvalue weighted by atomic mass is 9.89. The Bertz CT molecular complexity index is 667. The zero-order chi connectivity index (χ0) is 16.2. The standard InChI is InChI=1S/C16H19ClN4O2.ClH/c17-13-3-1-11(2-4-13)16(22)12-5-7-21(8-6-12)10-14-19-15(9-18)23-20-14;/h1-4,12H,5-10,18H2;1H. The summed E-state index contributed by atoms with van der Waals surface area (Å²) in [5.41, 5.74) is 6.19. The third-order valence-corrected chi connectivity index (χ3v) is 4.39. The number of nitrogens with zero attached hydrogens (tertiary/aromatic N) is 3. The molecule has 0 radical (unpaired) electrons. The summed E-state index contributed by atoms with van der Waals surface area (Å²) >= 11 is 5.87. The number of aromatic nitrogens is 2. The molecule has 0 saturated carbocycles. The van der Waals surface area contributed by atoms with Gasteiger partial charge >= 0.3 is 0 Å². The number of hydrogen-bond acceptors (Lipinski definition) is 6. The maximum atomic E-state index is 12.5. The van der Waals surface area contributed by atoms with Crippen molar-refractivity contribution in [2.45, 2.75) is 25.9 Å². The Morgan fingerprint density at radius 1 is 1.29 bits per heavy atom. The number of likely N-dealkylation sites (tertiary alicyclic amines) is 1. The molecule has 0 bridgehead atoms. The van der Waals surface area contributed by atoms with Crippen LogP contribution >= 0.6 is 24.0 Å². The van der Waals surface area contributed by atoms with Crippen LogP contribution in [-0.4, -0.2) is 33.9 Å². The van der Waals surface area contributed by atoms with Crippen molar-refractivity contribution in [1.82, 2.24) is 15.0 Å². The highest BCUT2D eigenvalue weighted by atomic mass is 35.5. The first-order valence-corrected chi connectivity index (χ1v) is 8.07. The number of carbonyl (C=O) groups is 1. The molecule has 0 unspecified atom stereocenters. The molecule has 1 aliphatic heterocycles. The van der Waals surface area contributed by atoms with Gasteiger partial charge in [-0.1, -0.05) is 16.8 Å². The summed E-state index contributed by atoms with van der Waals surface area (Å²) in [5, 5.41) is 4.55. The SMILES string of the molecule is Cl.NCc1nc(CN2CCC(C(=O)c3ccc(Cl)cc3)CC2)no1. The Balaban J connectivity index is 0.00000208. The Labute approximate surface area is 151 Å². The number of ketones is 1. The van der Waals surface area contributed by atoms with Crippen LogP contribution in [0.1, 0.15) is 34.9 Å². The summed E-state index contributed by atoms with van der Waals surface area (Å²) in [6.45, 7) is 2.57. The van der Waals surface area contributed by atoms with Crippen LogP contribution in [0, 0.1) is 5.92 Å². The van der Waals surface area contributed by atoms with E-state index in [1.165, 1.54) is 0 Å². The van der Waals surface area contributed by atoms with Gasteiger partial charge in [0, 0.05) is 16.5 Å². The lowest BCUT2D eigenvalue weighted by molar-refractivity contribution is 0.0832. The molecule has 3 rings (SSSR count). The van der Waals surface area contributed by atoms with Crippen LogP contribution in [0.25, 0.3) is 0 Å². The topological polar surface area (TPSA) is 85.2 Å². The maximum absolute atomic E-state index is 12.5. The lowest BCUT2D eigenvalue weighted by Gasteiger charge is -2.30. The molecule has 8 heteroatoms. The first-order valence-electron chi connectivity index (χ1n) is 7.69. The fraction of sp³-hybridized carbons (Fsp3) is 0.438. The van der Waals surface area contributed by atoms with Gasteiger partial charge in [-0.25, -0.2) is 0 Å². The van der Waals surface area contributed by atoms with Crippen LogP contribution in [0.5, 0.6) is 0 Å². The zero-order valence-corrected chi connectivity index (χ0v) is 14.7. The molecule has 1 aliphatic rings. The predicted octanol–water partition coefficient (Wildman–Crippen LogP) is 2.70. The Kier molecular flexibility index (Phi) is 6.74. The van der Waals surface area contributed by atoms with Crippen molar-refractivity contribution >= 4 is 29.8 Å². The number of piperidine rings is 1. The molecule has 2 heterocycles. The molecule has 130 valence electrons. The van der Waals surface area contributed by atoms with Crippen molar-refractivity contribution in [3.05, 3.63) is 46.6 Å². The number of Topliss-reactive ketones (excluding diaryl/α,β-unsaturated/α-hetero) is 1. The van der Waals surface area contributed by atoms with Crippen LogP contribution in [0.4, 0.5) is 0 Å². The summed E-state index contributed by atoms with van der Waals surface area (Å²) < 4.78 is 5.00. The molecular formula is C16H20Cl2N4O2. The minimum atomic E-state index is 0. The first-order chi connectivity index (χ1) is 11.2. The van der Waals surface area contributed by atoms with Crippen molar-refractivity contribution in [3.8, 4) is 0 Å². The van der Waals surface area contributed by atoms with Crippen LogP contribution in [-0.2, 0) is 13.1 Å². The van der Waals surface area contributed by atoms with Gasteiger partial charge in [0.15, 0.2) is 11.6 Å². The van der Waals surface area contributed by atoms with Crippen molar-refractivity contribution < 1.29 is 9.32 Å². The van der Waals surface area contributed by atoms with Crippen molar-refractivity contribution in [1.29, 1.82) is 0 Å². The number of carbonyl (C=O) groups excluding carboxylic acids is 1. The summed E-state index contributed by atoms with van der Waals surface area (Å²) in [6.07, 6.45) is 1.67. The molecule has 0 atom stereocenters. The van der Waals surface area contributed by atoms with Crippen molar-refractivity contribution in [3.63, 3.8) is 0 Å². The normalized spacial score (nSPS) is 15.9. The van der Waals surface area contributed by atoms with E-state index in [0.717, 1.165) is 31.5 Å². The molecule has 2 aromatic rings. The van der Waals surface area contributed by atoms with Gasteiger partial charge in [-0.3, -0.25) is 9.69 Å². The van der Waals surface area contributed by atoms with Gasteiger partial charge in [-0.15, -0.1) is 12.4 Å². The number of halogens is 2. The predicted molar refractivity (Wildman–Crippen MR) is 93.2 cm³/mol. The molecule has 0 spiro atoms. The van der Waals surface area contributed by atoms with E-state index in [4.69, 9.17) is 21.9 Å². The van der Waals surface area contributed by atoms with Gasteiger partial charge in [0.05, 0.1) is 13.1 Å². The monoisotopic (exact) mass is 370 g/mol. The second-order valence-corrected chi connectivity index (χ2v) is 6.17. The molecule has 1 saturated heterocycles. The largest absolute Gasteiger partial charge is 0.338 e. The molecule has 0 amide bonds. The van der Waals surface area contributed by atoms with Gasteiger partial charge in [0.25, 0.3) is 0 Å². The molecule has 1 fully saturated rings. The third kappa shape index (κ3) is 4.54. The van der Waals surface area contributed by atoms with E-state index in [-0.39, 0.29) is 30.7 Å². The minimum absolute atomic E-state index is 0. The van der Waals surface area contributed by atoms with Crippen LogP contribution < -0.4 is 5.73 Å². The molecular weight excluding hydrogens is 351 g/mol. The van der Waals surface area contributed by atoms with Gasteiger partial charge in [0.1, 0.15) is 0 Å². The number of rotatable bonds is 5. The summed E-state index contributed by atoms with van der Waals surface area (Å²) in [7, 11) is 0. The van der Waals surface area contributed by atoms with Crippen LogP contribution in [0.3, 0.4) is 0 Å².